The van der Waals surface area contributed by atoms with Crippen molar-refractivity contribution in [1.29, 1.82) is 0 Å². The number of benzene rings is 1. The molecule has 0 spiro atoms. The summed E-state index contributed by atoms with van der Waals surface area (Å²) < 4.78 is 32.5. The molecule has 0 fully saturated rings. The van der Waals surface area contributed by atoms with E-state index in [0.717, 1.165) is 5.56 Å². The molecule has 3 rings (SSSR count). The van der Waals surface area contributed by atoms with Crippen LogP contribution in [0.3, 0.4) is 0 Å². The maximum atomic E-state index is 12.4. The van der Waals surface area contributed by atoms with Crippen LogP contribution in [0.15, 0.2) is 52.7 Å². The number of hydrogen-bond acceptors (Lipinski definition) is 7. The second-order valence-electron chi connectivity index (χ2n) is 5.24. The number of methoxy groups -OCH3 is 1. The van der Waals surface area contributed by atoms with Crippen LogP contribution < -0.4 is 4.72 Å². The molecule has 2 heterocycles. The lowest BCUT2D eigenvalue weighted by molar-refractivity contribution is -0.00894. The normalized spacial score (nSPS) is 20.3. The first-order chi connectivity index (χ1) is 11.5. The Morgan fingerprint density at radius 1 is 1.17 bits per heavy atom. The molecule has 0 saturated heterocycles. The Morgan fingerprint density at radius 3 is 2.46 bits per heavy atom. The Bertz CT molecular complexity index is 824. The van der Waals surface area contributed by atoms with Crippen molar-refractivity contribution in [2.45, 2.75) is 17.0 Å². The molecule has 1 aliphatic heterocycles. The highest BCUT2D eigenvalue weighted by Gasteiger charge is 2.30. The van der Waals surface area contributed by atoms with Gasteiger partial charge in [-0.2, -0.15) is 5.10 Å². The molecule has 0 bridgehead atoms. The van der Waals surface area contributed by atoms with Crippen molar-refractivity contribution in [2.75, 3.05) is 18.9 Å². The Labute approximate surface area is 140 Å². The van der Waals surface area contributed by atoms with Gasteiger partial charge in [0, 0.05) is 32.8 Å². The van der Waals surface area contributed by atoms with Crippen LogP contribution in [0.5, 0.6) is 0 Å². The third kappa shape index (κ3) is 3.22. The molecular weight excluding hydrogens is 330 g/mol. The summed E-state index contributed by atoms with van der Waals surface area (Å²) in [4.78, 5) is 7.85. The van der Waals surface area contributed by atoms with Crippen molar-refractivity contribution in [3.8, 4) is 0 Å². The number of sulfonamides is 1. The number of hydrogen-bond donors (Lipinski definition) is 1. The highest BCUT2D eigenvalue weighted by Crippen LogP contribution is 2.27. The Kier molecular flexibility index (Phi) is 4.45. The largest absolute Gasteiger partial charge is 0.359 e. The van der Waals surface area contributed by atoms with E-state index in [1.165, 1.54) is 12.4 Å². The highest BCUT2D eigenvalue weighted by atomic mass is 32.2. The summed E-state index contributed by atoms with van der Waals surface area (Å²) >= 11 is 0. The highest BCUT2D eigenvalue weighted by molar-refractivity contribution is 7.92. The third-order valence-corrected chi connectivity index (χ3v) is 5.04. The SMILES string of the molecule is COC1C(c2ccc(S(=O)(=O)Nc3ncccn3)cc2)C=NN1C. The molecule has 0 radical (unpaired) electrons. The van der Waals surface area contributed by atoms with Gasteiger partial charge in [-0.1, -0.05) is 12.1 Å². The maximum absolute atomic E-state index is 12.4. The van der Waals surface area contributed by atoms with Gasteiger partial charge in [0.25, 0.3) is 10.0 Å². The summed E-state index contributed by atoms with van der Waals surface area (Å²) in [5.41, 5.74) is 0.921. The van der Waals surface area contributed by atoms with Gasteiger partial charge in [-0.05, 0) is 23.8 Å². The van der Waals surface area contributed by atoms with Crippen molar-refractivity contribution in [3.05, 3.63) is 48.3 Å². The summed E-state index contributed by atoms with van der Waals surface area (Å²) in [5.74, 6) is -0.0206. The fourth-order valence-corrected chi connectivity index (χ4v) is 3.46. The second kappa shape index (κ2) is 6.54. The fraction of sp³-hybridized carbons (Fsp3) is 0.267. The van der Waals surface area contributed by atoms with Crippen molar-refractivity contribution in [2.24, 2.45) is 5.10 Å². The maximum Gasteiger partial charge on any atom is 0.264 e. The average Bonchev–Trinajstić information content (AvgIpc) is 2.96. The first-order valence-electron chi connectivity index (χ1n) is 7.21. The molecule has 0 saturated carbocycles. The van der Waals surface area contributed by atoms with E-state index in [1.54, 1.807) is 48.7 Å². The van der Waals surface area contributed by atoms with Gasteiger partial charge < -0.3 is 4.74 Å². The minimum Gasteiger partial charge on any atom is -0.359 e. The van der Waals surface area contributed by atoms with Crippen LogP contribution in [0, 0.1) is 0 Å². The summed E-state index contributed by atoms with van der Waals surface area (Å²) in [6, 6.07) is 8.20. The van der Waals surface area contributed by atoms with Crippen molar-refractivity contribution in [3.63, 3.8) is 0 Å². The predicted molar refractivity (Wildman–Crippen MR) is 89.1 cm³/mol. The van der Waals surface area contributed by atoms with E-state index in [9.17, 15) is 8.42 Å². The molecule has 2 aromatic rings. The lowest BCUT2D eigenvalue weighted by Crippen LogP contribution is -2.29. The number of likely N-dealkylation sites (N-methyl/N-ethyl adjacent to an activating group) is 1. The number of anilines is 1. The van der Waals surface area contributed by atoms with Gasteiger partial charge in [0.2, 0.25) is 5.95 Å². The molecule has 2 unspecified atom stereocenters. The van der Waals surface area contributed by atoms with E-state index in [1.807, 2.05) is 7.05 Å². The summed E-state index contributed by atoms with van der Waals surface area (Å²) in [7, 11) is -0.291. The van der Waals surface area contributed by atoms with Gasteiger partial charge in [0.15, 0.2) is 6.23 Å². The van der Waals surface area contributed by atoms with Crippen LogP contribution in [-0.2, 0) is 14.8 Å². The van der Waals surface area contributed by atoms with Crippen molar-refractivity contribution < 1.29 is 13.2 Å². The van der Waals surface area contributed by atoms with E-state index in [0.29, 0.717) is 0 Å². The standard InChI is InChI=1S/C15H17N5O3S/c1-20-14(23-2)13(10-18-20)11-4-6-12(7-5-11)24(21,22)19-15-16-8-3-9-17-15/h3-10,13-14H,1-2H3,(H,16,17,19). The van der Waals surface area contributed by atoms with Gasteiger partial charge in [-0.25, -0.2) is 23.1 Å². The lowest BCUT2D eigenvalue weighted by Gasteiger charge is -2.23. The Morgan fingerprint density at radius 2 is 1.83 bits per heavy atom. The van der Waals surface area contributed by atoms with Crippen molar-refractivity contribution >= 4 is 22.2 Å². The molecule has 1 aromatic carbocycles. The summed E-state index contributed by atoms with van der Waals surface area (Å²) in [5, 5.41) is 5.94. The van der Waals surface area contributed by atoms with E-state index >= 15 is 0 Å². The lowest BCUT2D eigenvalue weighted by atomic mass is 9.99. The van der Waals surface area contributed by atoms with Gasteiger partial charge >= 0.3 is 0 Å². The van der Waals surface area contributed by atoms with Crippen molar-refractivity contribution in [1.82, 2.24) is 15.0 Å². The van der Waals surface area contributed by atoms with Crippen LogP contribution in [-0.4, -0.2) is 50.0 Å². The first-order valence-corrected chi connectivity index (χ1v) is 8.69. The quantitative estimate of drug-likeness (QED) is 0.875. The minimum absolute atomic E-state index is 0.0329. The molecule has 126 valence electrons. The van der Waals surface area contributed by atoms with Crippen LogP contribution in [0.4, 0.5) is 5.95 Å². The van der Waals surface area contributed by atoms with E-state index in [2.05, 4.69) is 19.8 Å². The number of ether oxygens (including phenoxy) is 1. The zero-order valence-electron chi connectivity index (χ0n) is 13.2. The molecule has 9 heteroatoms. The number of nitrogens with one attached hydrogen (secondary N) is 1. The number of rotatable bonds is 5. The van der Waals surface area contributed by atoms with Crippen LogP contribution >= 0.6 is 0 Å². The van der Waals surface area contributed by atoms with E-state index in [-0.39, 0.29) is 23.0 Å². The first kappa shape index (κ1) is 16.3. The smallest absolute Gasteiger partial charge is 0.264 e. The third-order valence-electron chi connectivity index (χ3n) is 3.69. The molecule has 1 aliphatic rings. The fourth-order valence-electron chi connectivity index (χ4n) is 2.50. The number of aromatic nitrogens is 2. The molecule has 0 amide bonds. The molecular formula is C15H17N5O3S. The van der Waals surface area contributed by atoms with Gasteiger partial charge in [-0.3, -0.25) is 5.01 Å². The minimum atomic E-state index is -3.73. The topological polar surface area (TPSA) is 96.8 Å². The zero-order chi connectivity index (χ0) is 17.2. The number of hydrazone groups is 1. The molecule has 1 N–H and O–H groups in total. The Hall–Kier alpha value is -2.52. The average molecular weight is 347 g/mol. The van der Waals surface area contributed by atoms with E-state index < -0.39 is 10.0 Å². The van der Waals surface area contributed by atoms with Crippen LogP contribution in [0.25, 0.3) is 0 Å². The van der Waals surface area contributed by atoms with Gasteiger partial charge in [0.1, 0.15) is 0 Å². The summed E-state index contributed by atoms with van der Waals surface area (Å²) in [6.45, 7) is 0. The van der Waals surface area contributed by atoms with Crippen LogP contribution in [0.1, 0.15) is 11.5 Å². The molecule has 1 aromatic heterocycles. The zero-order valence-corrected chi connectivity index (χ0v) is 14.0. The molecule has 0 aliphatic carbocycles. The molecule has 8 nitrogen and oxygen atoms in total. The molecule has 2 atom stereocenters. The molecule has 24 heavy (non-hydrogen) atoms. The second-order valence-corrected chi connectivity index (χ2v) is 6.92. The van der Waals surface area contributed by atoms with Gasteiger partial charge in [0.05, 0.1) is 10.8 Å². The van der Waals surface area contributed by atoms with Gasteiger partial charge in [-0.15, -0.1) is 0 Å². The monoisotopic (exact) mass is 347 g/mol. The Balaban J connectivity index is 1.80. The predicted octanol–water partition coefficient (Wildman–Crippen LogP) is 1.26. The van der Waals surface area contributed by atoms with E-state index in [4.69, 9.17) is 4.74 Å². The summed E-state index contributed by atoms with van der Waals surface area (Å²) in [6.07, 6.45) is 4.51. The van der Waals surface area contributed by atoms with Crippen LogP contribution in [0.2, 0.25) is 0 Å². The number of nitrogens with zero attached hydrogens (tertiary/aromatic N) is 4.